The minimum Gasteiger partial charge on any atom is -0.494 e. The summed E-state index contributed by atoms with van der Waals surface area (Å²) in [5.74, 6) is 0.952. The molecule has 19 heavy (non-hydrogen) atoms. The number of carbonyl (C=O) groups is 1. The Bertz CT molecular complexity index is 556. The zero-order valence-corrected chi connectivity index (χ0v) is 11.3. The highest BCUT2D eigenvalue weighted by molar-refractivity contribution is 6.00. The Labute approximate surface area is 114 Å². The van der Waals surface area contributed by atoms with Crippen LogP contribution in [0.15, 0.2) is 48.5 Å². The van der Waals surface area contributed by atoms with E-state index < -0.39 is 0 Å². The Morgan fingerprint density at radius 3 is 2.37 bits per heavy atom. The van der Waals surface area contributed by atoms with Crippen molar-refractivity contribution in [1.82, 2.24) is 0 Å². The molecule has 98 valence electrons. The predicted molar refractivity (Wildman–Crippen MR) is 77.7 cm³/mol. The van der Waals surface area contributed by atoms with Crippen molar-refractivity contribution in [2.45, 2.75) is 20.3 Å². The number of ether oxygens (including phenoxy) is 1. The average Bonchev–Trinajstić information content (AvgIpc) is 2.45. The molecule has 2 nitrogen and oxygen atoms in total. The summed E-state index contributed by atoms with van der Waals surface area (Å²) in [5, 5.41) is 0. The molecule has 2 rings (SSSR count). The van der Waals surface area contributed by atoms with Gasteiger partial charge in [0.25, 0.3) is 0 Å². The van der Waals surface area contributed by atoms with Gasteiger partial charge in [0.2, 0.25) is 0 Å². The molecule has 0 spiro atoms. The van der Waals surface area contributed by atoms with Gasteiger partial charge in [0.05, 0.1) is 6.61 Å². The highest BCUT2D eigenvalue weighted by Crippen LogP contribution is 2.26. The van der Waals surface area contributed by atoms with Crippen LogP contribution in [0.25, 0.3) is 11.1 Å². The molecule has 2 aromatic carbocycles. The molecule has 0 unspecified atom stereocenters. The number of carbonyl (C=O) groups excluding carboxylic acids is 1. The van der Waals surface area contributed by atoms with Crippen LogP contribution >= 0.6 is 0 Å². The van der Waals surface area contributed by atoms with Gasteiger partial charge in [-0.15, -0.1) is 0 Å². The molecule has 0 aliphatic rings. The standard InChI is InChI=1S/C17H18O2/c1-3-12-19-15-10-8-14(9-11-15)17-7-5-4-6-16(17)13(2)18/h4-11H,3,12H2,1-2H3. The maximum Gasteiger partial charge on any atom is 0.160 e. The molecule has 0 N–H and O–H groups in total. The third-order valence-electron chi connectivity index (χ3n) is 2.94. The van der Waals surface area contributed by atoms with Crippen molar-refractivity contribution < 1.29 is 9.53 Å². The van der Waals surface area contributed by atoms with Gasteiger partial charge in [-0.05, 0) is 36.6 Å². The van der Waals surface area contributed by atoms with E-state index in [-0.39, 0.29) is 5.78 Å². The topological polar surface area (TPSA) is 26.3 Å². The van der Waals surface area contributed by atoms with Gasteiger partial charge in [0.15, 0.2) is 5.78 Å². The first-order valence-electron chi connectivity index (χ1n) is 6.55. The second kappa shape index (κ2) is 6.19. The summed E-state index contributed by atoms with van der Waals surface area (Å²) in [4.78, 5) is 11.6. The highest BCUT2D eigenvalue weighted by atomic mass is 16.5. The first-order chi connectivity index (χ1) is 9.22. The molecule has 0 amide bonds. The number of rotatable bonds is 5. The van der Waals surface area contributed by atoms with Gasteiger partial charge >= 0.3 is 0 Å². The van der Waals surface area contributed by atoms with E-state index in [0.29, 0.717) is 0 Å². The van der Waals surface area contributed by atoms with Gasteiger partial charge in [0.1, 0.15) is 5.75 Å². The molecule has 0 bridgehead atoms. The number of benzene rings is 2. The third-order valence-corrected chi connectivity index (χ3v) is 2.94. The minimum absolute atomic E-state index is 0.0851. The summed E-state index contributed by atoms with van der Waals surface area (Å²) in [6, 6.07) is 15.5. The second-order valence-corrected chi connectivity index (χ2v) is 4.47. The molecule has 0 aromatic heterocycles. The highest BCUT2D eigenvalue weighted by Gasteiger charge is 2.08. The summed E-state index contributed by atoms with van der Waals surface area (Å²) in [7, 11) is 0. The fraction of sp³-hybridized carbons (Fsp3) is 0.235. The van der Waals surface area contributed by atoms with Crippen LogP contribution in [0.4, 0.5) is 0 Å². The summed E-state index contributed by atoms with van der Waals surface area (Å²) in [6.07, 6.45) is 0.995. The summed E-state index contributed by atoms with van der Waals surface area (Å²) < 4.78 is 5.56. The van der Waals surface area contributed by atoms with Crippen LogP contribution in [0.5, 0.6) is 5.75 Å². The Kier molecular flexibility index (Phi) is 4.35. The molecular weight excluding hydrogens is 236 g/mol. The minimum atomic E-state index is 0.0851. The zero-order chi connectivity index (χ0) is 13.7. The molecule has 0 aliphatic heterocycles. The van der Waals surface area contributed by atoms with E-state index in [0.717, 1.165) is 35.5 Å². The maximum absolute atomic E-state index is 11.6. The Hall–Kier alpha value is -2.09. The Morgan fingerprint density at radius 1 is 1.05 bits per heavy atom. The lowest BCUT2D eigenvalue weighted by Crippen LogP contribution is -1.96. The lowest BCUT2D eigenvalue weighted by atomic mass is 9.97. The average molecular weight is 254 g/mol. The number of hydrogen-bond acceptors (Lipinski definition) is 2. The van der Waals surface area contributed by atoms with Gasteiger partial charge in [-0.25, -0.2) is 0 Å². The molecule has 0 aliphatic carbocycles. The van der Waals surface area contributed by atoms with Gasteiger partial charge in [-0.3, -0.25) is 4.79 Å². The first kappa shape index (κ1) is 13.3. The molecule has 2 aromatic rings. The van der Waals surface area contributed by atoms with Crippen LogP contribution in [0.2, 0.25) is 0 Å². The fourth-order valence-corrected chi connectivity index (χ4v) is 1.99. The van der Waals surface area contributed by atoms with Crippen LogP contribution in [-0.4, -0.2) is 12.4 Å². The maximum atomic E-state index is 11.6. The number of Topliss-reactive ketones (excluding diaryl/α,β-unsaturated/α-hetero) is 1. The van der Waals surface area contributed by atoms with Crippen LogP contribution in [-0.2, 0) is 0 Å². The molecule has 0 heterocycles. The van der Waals surface area contributed by atoms with Gasteiger partial charge in [0, 0.05) is 5.56 Å². The van der Waals surface area contributed by atoms with Crippen LogP contribution < -0.4 is 4.74 Å². The van der Waals surface area contributed by atoms with Crippen molar-refractivity contribution in [3.63, 3.8) is 0 Å². The number of hydrogen-bond donors (Lipinski definition) is 0. The van der Waals surface area contributed by atoms with E-state index in [1.165, 1.54) is 0 Å². The van der Waals surface area contributed by atoms with E-state index in [1.54, 1.807) is 6.92 Å². The normalized spacial score (nSPS) is 10.2. The van der Waals surface area contributed by atoms with Gasteiger partial charge < -0.3 is 4.74 Å². The Morgan fingerprint density at radius 2 is 1.74 bits per heavy atom. The molecular formula is C17H18O2. The van der Waals surface area contributed by atoms with Crippen LogP contribution in [0.3, 0.4) is 0 Å². The third kappa shape index (κ3) is 3.22. The molecule has 0 fully saturated rings. The van der Waals surface area contributed by atoms with Crippen molar-refractivity contribution in [1.29, 1.82) is 0 Å². The van der Waals surface area contributed by atoms with Gasteiger partial charge in [-0.2, -0.15) is 0 Å². The molecule has 0 saturated carbocycles. The second-order valence-electron chi connectivity index (χ2n) is 4.47. The largest absolute Gasteiger partial charge is 0.494 e. The van der Waals surface area contributed by atoms with E-state index in [1.807, 2.05) is 48.5 Å². The van der Waals surface area contributed by atoms with Crippen molar-refractivity contribution in [3.8, 4) is 16.9 Å². The summed E-state index contributed by atoms with van der Waals surface area (Å²) in [6.45, 7) is 4.40. The lowest BCUT2D eigenvalue weighted by Gasteiger charge is -2.09. The van der Waals surface area contributed by atoms with E-state index in [2.05, 4.69) is 6.92 Å². The SMILES string of the molecule is CCCOc1ccc(-c2ccccc2C(C)=O)cc1. The molecule has 0 saturated heterocycles. The summed E-state index contributed by atoms with van der Waals surface area (Å²) >= 11 is 0. The quantitative estimate of drug-likeness (QED) is 0.742. The van der Waals surface area contributed by atoms with Crippen molar-refractivity contribution >= 4 is 5.78 Å². The smallest absolute Gasteiger partial charge is 0.160 e. The van der Waals surface area contributed by atoms with Gasteiger partial charge in [-0.1, -0.05) is 43.3 Å². The van der Waals surface area contributed by atoms with Crippen molar-refractivity contribution in [2.75, 3.05) is 6.61 Å². The molecule has 2 heteroatoms. The summed E-state index contributed by atoms with van der Waals surface area (Å²) in [5.41, 5.74) is 2.76. The molecule has 0 radical (unpaired) electrons. The van der Waals surface area contributed by atoms with Crippen molar-refractivity contribution in [2.24, 2.45) is 0 Å². The van der Waals surface area contributed by atoms with E-state index in [9.17, 15) is 4.79 Å². The fourth-order valence-electron chi connectivity index (χ4n) is 1.99. The first-order valence-corrected chi connectivity index (χ1v) is 6.55. The lowest BCUT2D eigenvalue weighted by molar-refractivity contribution is 0.101. The molecule has 0 atom stereocenters. The Balaban J connectivity index is 2.30. The van der Waals surface area contributed by atoms with Crippen LogP contribution in [0.1, 0.15) is 30.6 Å². The number of ketones is 1. The van der Waals surface area contributed by atoms with E-state index >= 15 is 0 Å². The monoisotopic (exact) mass is 254 g/mol. The predicted octanol–water partition coefficient (Wildman–Crippen LogP) is 4.35. The zero-order valence-electron chi connectivity index (χ0n) is 11.3. The van der Waals surface area contributed by atoms with Crippen LogP contribution in [0, 0.1) is 0 Å². The van der Waals surface area contributed by atoms with E-state index in [4.69, 9.17) is 4.74 Å². The van der Waals surface area contributed by atoms with Crippen molar-refractivity contribution in [3.05, 3.63) is 54.1 Å².